The first kappa shape index (κ1) is 125. The van der Waals surface area contributed by atoms with Gasteiger partial charge in [0.15, 0.2) is 0 Å². The second-order valence-corrected chi connectivity index (χ2v) is 48.8. The molecule has 0 saturated heterocycles. The first-order valence-electron chi connectivity index (χ1n) is 51.9. The third-order valence-corrected chi connectivity index (χ3v) is 32.7. The van der Waals surface area contributed by atoms with E-state index in [0.29, 0.717) is 49.2 Å². The molecule has 0 aliphatic heterocycles. The normalized spacial score (nSPS) is 13.6. The Balaban J connectivity index is 0.000000257. The predicted molar refractivity (Wildman–Crippen MR) is 612 cm³/mol. The Bertz CT molecular complexity index is 5890. The van der Waals surface area contributed by atoms with Crippen molar-refractivity contribution in [2.24, 2.45) is 22.9 Å². The van der Waals surface area contributed by atoms with Crippen LogP contribution >= 0.6 is 0 Å². The van der Waals surface area contributed by atoms with Gasteiger partial charge in [0.05, 0.1) is 19.6 Å². The van der Waals surface area contributed by atoms with Crippen LogP contribution in [0, 0.1) is 6.92 Å². The van der Waals surface area contributed by atoms with Crippen LogP contribution in [0.25, 0.3) is 18.9 Å². The van der Waals surface area contributed by atoms with Crippen molar-refractivity contribution in [2.75, 3.05) is 0 Å². The van der Waals surface area contributed by atoms with Crippen molar-refractivity contribution in [3.05, 3.63) is 457 Å². The first-order valence-corrected chi connectivity index (χ1v) is 57.6. The van der Waals surface area contributed by atoms with Gasteiger partial charge in [0.2, 0.25) is 0 Å². The number of nitrogens with zero attached hydrogens (tertiary/aromatic N) is 4. The fourth-order valence-corrected chi connectivity index (χ4v) is 25.2. The van der Waals surface area contributed by atoms with E-state index in [1.807, 2.05) is 402 Å². The molecule has 0 unspecified atom stereocenters. The van der Waals surface area contributed by atoms with Crippen molar-refractivity contribution >= 4 is 40.1 Å². The van der Waals surface area contributed by atoms with Crippen molar-refractivity contribution < 1.29 is 65.6 Å². The SMILES string of the molecule is CC(C)c1cc(C(C)C)c(S(=O)(=O)[N-][C@@H](c2ccccc2)[C@@H](N)c2ccccc2)c(C(C)C)c1.CC(C)c1cc(C(C)C)c(S(=O)(=O)[N-][C@@H](c2ccccc2)[C@@H](N)c2ccccc2)c(C(C)C)c1.CC(C)c1cc(C(C)C)c(S(=O)(=O)[N-][C@@H](c2ccccc2)[C@H](N)c2ccccc2)c(C(C)C)c1.CC(C)c1cc(C(C)C)c(S(=O)(=O)[N-][C@H](c2ccccc2)[C@@H](N)c2ccccc2)c(C(C)C)c1.Cc1ccc(C(C)C)cc1.[Cl-].[Ru+4]. The van der Waals surface area contributed by atoms with Crippen molar-refractivity contribution in [3.63, 3.8) is 0 Å². The Kier molecular flexibility index (Phi) is 48.3. The maximum absolute atomic E-state index is 14.1. The molecular formula is C126H162ClN8O8RuS4-. The van der Waals surface area contributed by atoms with E-state index in [9.17, 15) is 33.7 Å². The average Bonchev–Trinajstić information content (AvgIpc) is 0.770. The van der Waals surface area contributed by atoms with Crippen LogP contribution in [0.1, 0.15) is 428 Å². The van der Waals surface area contributed by atoms with Crippen LogP contribution < -0.4 is 35.3 Å². The fourth-order valence-electron chi connectivity index (χ4n) is 17.9. The standard InChI is InChI=1S/4C29H37N2O2S.C10H14.ClH.Ru/c4*1-19(2)24-17-25(20(3)4)29(26(18-24)21(5)6)34(32,33)31-28(23-15-11-8-12-16-23)27(30)22-13-9-7-10-14-22;1-8(2)10-6-4-9(3)5-7-10;;/h4*7-21,27-28H,30H2,1-6H3;4-8H,1-3H3;1H;/q4*-1;;;+4/p-1/t2*27-,28+;2*27-,28-;;;/m1000.../s1. The van der Waals surface area contributed by atoms with Crippen molar-refractivity contribution in [3.8, 4) is 0 Å². The summed E-state index contributed by atoms with van der Waals surface area (Å²) in [5, 5.41) is 0. The number of sulfonamides is 4. The second kappa shape index (κ2) is 57.1. The van der Waals surface area contributed by atoms with Crippen LogP contribution in [0.4, 0.5) is 0 Å². The van der Waals surface area contributed by atoms with Crippen molar-refractivity contribution in [1.29, 1.82) is 0 Å². The number of hydrogen-bond acceptors (Lipinski definition) is 12. The molecule has 13 aromatic rings. The minimum atomic E-state index is -4.01. The molecule has 0 heterocycles. The van der Waals surface area contributed by atoms with Gasteiger partial charge in [-0.25, -0.2) is 33.7 Å². The van der Waals surface area contributed by atoms with Gasteiger partial charge in [-0.05, 0) is 178 Å². The molecule has 0 amide bonds. The average molecular weight is 2180 g/mol. The van der Waals surface area contributed by atoms with Crippen LogP contribution in [0.2, 0.25) is 0 Å². The zero-order chi connectivity index (χ0) is 108. The molecule has 794 valence electrons. The third-order valence-electron chi connectivity index (χ3n) is 26.8. The number of rotatable bonds is 37. The van der Waals surface area contributed by atoms with Crippen LogP contribution in [0.5, 0.6) is 0 Å². The fraction of sp³-hybridized carbons (Fsp3) is 0.381. The zero-order valence-electron chi connectivity index (χ0n) is 91.9. The Labute approximate surface area is 909 Å². The molecule has 0 bridgehead atoms. The molecule has 0 fully saturated rings. The topological polar surface area (TPSA) is 297 Å². The van der Waals surface area contributed by atoms with Gasteiger partial charge in [0.25, 0.3) is 0 Å². The van der Waals surface area contributed by atoms with E-state index in [1.54, 1.807) is 0 Å². The quantitative estimate of drug-likeness (QED) is 0.0264. The minimum absolute atomic E-state index is 0. The molecular weight excluding hydrogens is 2020 g/mol. The van der Waals surface area contributed by atoms with Gasteiger partial charge in [-0.1, -0.05) is 547 Å². The van der Waals surface area contributed by atoms with E-state index >= 15 is 0 Å². The molecule has 0 radical (unpaired) electrons. The van der Waals surface area contributed by atoms with Gasteiger partial charge in [-0.3, -0.25) is 0 Å². The number of hydrogen-bond donors (Lipinski definition) is 4. The van der Waals surface area contributed by atoms with Gasteiger partial charge < -0.3 is 54.2 Å². The molecule has 13 aromatic carbocycles. The summed E-state index contributed by atoms with van der Waals surface area (Å²) >= 11 is 0. The monoisotopic (exact) mass is 2180 g/mol. The van der Waals surface area contributed by atoms with E-state index in [4.69, 9.17) is 22.9 Å². The van der Waals surface area contributed by atoms with E-state index in [2.05, 4.69) is 119 Å². The van der Waals surface area contributed by atoms with Crippen LogP contribution in [-0.4, -0.2) is 33.7 Å². The molecule has 8 atom stereocenters. The minimum Gasteiger partial charge on any atom is -1.00 e. The molecule has 0 aliphatic rings. The summed E-state index contributed by atoms with van der Waals surface area (Å²) in [6.45, 7) is 56.1. The molecule has 16 nitrogen and oxygen atoms in total. The van der Waals surface area contributed by atoms with E-state index in [0.717, 1.165) is 111 Å². The number of halogens is 1. The Morgan fingerprint density at radius 3 is 0.426 bits per heavy atom. The molecule has 0 aliphatic carbocycles. The smallest absolute Gasteiger partial charge is 1.00 e. The molecule has 0 spiro atoms. The summed E-state index contributed by atoms with van der Waals surface area (Å²) < 4.78 is 131. The van der Waals surface area contributed by atoms with Gasteiger partial charge in [-0.15, -0.1) is 0 Å². The number of nitrogens with two attached hydrogens (primary N) is 4. The first-order chi connectivity index (χ1) is 68.8. The molecule has 8 N–H and O–H groups in total. The number of benzene rings is 13. The summed E-state index contributed by atoms with van der Waals surface area (Å²) in [5.41, 5.74) is 47.0. The van der Waals surface area contributed by atoms with Crippen LogP contribution in [0.15, 0.2) is 335 Å². The molecule has 22 heteroatoms. The van der Waals surface area contributed by atoms with Crippen LogP contribution in [-0.2, 0) is 59.6 Å². The van der Waals surface area contributed by atoms with E-state index < -0.39 is 88.4 Å². The van der Waals surface area contributed by atoms with E-state index in [1.165, 1.54) is 11.1 Å². The third kappa shape index (κ3) is 33.6. The van der Waals surface area contributed by atoms with Crippen molar-refractivity contribution in [2.45, 2.75) is 332 Å². The Hall–Kier alpha value is -9.75. The Morgan fingerprint density at radius 1 is 0.176 bits per heavy atom. The Morgan fingerprint density at radius 2 is 0.304 bits per heavy atom. The van der Waals surface area contributed by atoms with Gasteiger partial charge in [0, 0.05) is 24.2 Å². The van der Waals surface area contributed by atoms with Gasteiger partial charge >= 0.3 is 19.5 Å². The predicted octanol–water partition coefficient (Wildman–Crippen LogP) is 30.4. The molecule has 0 aromatic heterocycles. The molecule has 13 rings (SSSR count). The maximum Gasteiger partial charge on any atom is 4.00 e. The molecule has 148 heavy (non-hydrogen) atoms. The van der Waals surface area contributed by atoms with Crippen LogP contribution in [0.3, 0.4) is 0 Å². The molecule has 0 saturated carbocycles. The van der Waals surface area contributed by atoms with Gasteiger partial charge in [0.1, 0.15) is 40.1 Å². The van der Waals surface area contributed by atoms with E-state index in [-0.39, 0.29) is 79.2 Å². The zero-order valence-corrected chi connectivity index (χ0v) is 97.6. The summed E-state index contributed by atoms with van der Waals surface area (Å²) in [7, 11) is -16.0. The maximum atomic E-state index is 14.1. The summed E-state index contributed by atoms with van der Waals surface area (Å²) in [5.74, 6) is 2.14. The van der Waals surface area contributed by atoms with Gasteiger partial charge in [-0.2, -0.15) is 0 Å². The van der Waals surface area contributed by atoms with Crippen molar-refractivity contribution in [1.82, 2.24) is 0 Å². The second-order valence-electron chi connectivity index (χ2n) is 42.5. The summed E-state index contributed by atoms with van der Waals surface area (Å²) in [6.07, 6.45) is 0. The summed E-state index contributed by atoms with van der Waals surface area (Å²) in [4.78, 5) is 1.34. The largest absolute Gasteiger partial charge is 4.00 e. The summed E-state index contributed by atoms with van der Waals surface area (Å²) in [6, 6.07) is 95.8. The number of aryl methyl sites for hydroxylation is 1.